The molecule has 0 radical (unpaired) electrons. The molecular formula is C24H18ClFN2O. The molecule has 144 valence electrons. The first-order chi connectivity index (χ1) is 14.1. The predicted molar refractivity (Wildman–Crippen MR) is 111 cm³/mol. The van der Waals surface area contributed by atoms with Crippen LogP contribution < -0.4 is 0 Å². The summed E-state index contributed by atoms with van der Waals surface area (Å²) in [4.78, 5) is 4.21. The quantitative estimate of drug-likeness (QED) is 0.484. The number of fused-ring (bicyclic) bond motifs is 1. The first kappa shape index (κ1) is 18.1. The molecule has 4 aromatic rings. The fourth-order valence-corrected chi connectivity index (χ4v) is 4.38. The van der Waals surface area contributed by atoms with E-state index in [0.29, 0.717) is 22.7 Å². The third-order valence-electron chi connectivity index (χ3n) is 5.71. The molecule has 0 bridgehead atoms. The van der Waals surface area contributed by atoms with Gasteiger partial charge in [-0.2, -0.15) is 0 Å². The molecule has 29 heavy (non-hydrogen) atoms. The maximum atomic E-state index is 14.6. The van der Waals surface area contributed by atoms with Gasteiger partial charge < -0.3 is 9.67 Å². The van der Waals surface area contributed by atoms with Gasteiger partial charge in [0.1, 0.15) is 11.4 Å². The number of hydrogen-bond donors (Lipinski definition) is 1. The standard InChI is InChI=1S/C24H18ClFN2O/c25-19-10-11-20(21(26)12-19)22-13-24(29,23-14-27-15-28(22)23)18-8-6-17(7-9-18)16-4-2-1-3-5-16/h1-12,14-15,22,29H,13H2/t22-,24-/m1/s1. The molecule has 1 aliphatic heterocycles. The molecule has 0 unspecified atom stereocenters. The molecule has 2 heterocycles. The normalized spacial score (nSPS) is 20.6. The molecule has 3 aromatic carbocycles. The molecule has 0 spiro atoms. The third kappa shape index (κ3) is 2.96. The van der Waals surface area contributed by atoms with Crippen LogP contribution in [0.1, 0.15) is 29.3 Å². The van der Waals surface area contributed by atoms with Crippen LogP contribution in [0, 0.1) is 5.82 Å². The van der Waals surface area contributed by atoms with E-state index in [4.69, 9.17) is 11.6 Å². The lowest BCUT2D eigenvalue weighted by Gasteiger charge is -2.23. The Morgan fingerprint density at radius 3 is 2.45 bits per heavy atom. The third-order valence-corrected chi connectivity index (χ3v) is 5.94. The highest BCUT2D eigenvalue weighted by Gasteiger charge is 2.45. The lowest BCUT2D eigenvalue weighted by Crippen LogP contribution is -2.24. The molecule has 5 heteroatoms. The Bertz CT molecular complexity index is 1170. The minimum Gasteiger partial charge on any atom is -0.379 e. The maximum Gasteiger partial charge on any atom is 0.133 e. The smallest absolute Gasteiger partial charge is 0.133 e. The number of imidazole rings is 1. The summed E-state index contributed by atoms with van der Waals surface area (Å²) in [6.07, 6.45) is 3.62. The van der Waals surface area contributed by atoms with Gasteiger partial charge >= 0.3 is 0 Å². The second-order valence-corrected chi connectivity index (χ2v) is 7.81. The van der Waals surface area contributed by atoms with E-state index in [1.54, 1.807) is 24.7 Å². The maximum absolute atomic E-state index is 14.6. The first-order valence-electron chi connectivity index (χ1n) is 9.42. The van der Waals surface area contributed by atoms with Gasteiger partial charge in [0.15, 0.2) is 0 Å². The van der Waals surface area contributed by atoms with Crippen molar-refractivity contribution in [3.63, 3.8) is 0 Å². The SMILES string of the molecule is O[C@@]1(c2ccc(-c3ccccc3)cc2)C[C@H](c2ccc(Cl)cc2F)n2cncc21. The van der Waals surface area contributed by atoms with Crippen LogP contribution in [-0.2, 0) is 5.60 Å². The summed E-state index contributed by atoms with van der Waals surface area (Å²) in [5, 5.41) is 12.0. The van der Waals surface area contributed by atoms with E-state index in [-0.39, 0.29) is 11.9 Å². The van der Waals surface area contributed by atoms with Crippen molar-refractivity contribution in [1.29, 1.82) is 0 Å². The van der Waals surface area contributed by atoms with Crippen molar-refractivity contribution in [2.45, 2.75) is 18.1 Å². The number of aliphatic hydroxyl groups is 1. The van der Waals surface area contributed by atoms with Gasteiger partial charge in [0.05, 0.1) is 24.3 Å². The van der Waals surface area contributed by atoms with Crippen LogP contribution in [0.2, 0.25) is 5.02 Å². The van der Waals surface area contributed by atoms with Crippen molar-refractivity contribution in [3.8, 4) is 11.1 Å². The van der Waals surface area contributed by atoms with Gasteiger partial charge in [-0.3, -0.25) is 0 Å². The van der Waals surface area contributed by atoms with E-state index >= 15 is 0 Å². The summed E-state index contributed by atoms with van der Waals surface area (Å²) in [7, 11) is 0. The summed E-state index contributed by atoms with van der Waals surface area (Å²) in [6.45, 7) is 0. The van der Waals surface area contributed by atoms with Crippen LogP contribution in [0.5, 0.6) is 0 Å². The van der Waals surface area contributed by atoms with E-state index < -0.39 is 5.60 Å². The minimum atomic E-state index is -1.25. The van der Waals surface area contributed by atoms with Gasteiger partial charge in [-0.25, -0.2) is 9.37 Å². The summed E-state index contributed by atoms with van der Waals surface area (Å²) in [6, 6.07) is 22.2. The Morgan fingerprint density at radius 1 is 1.00 bits per heavy atom. The zero-order valence-electron chi connectivity index (χ0n) is 15.5. The number of benzene rings is 3. The van der Waals surface area contributed by atoms with Gasteiger partial charge in [-0.15, -0.1) is 0 Å². The number of nitrogens with zero attached hydrogens (tertiary/aromatic N) is 2. The molecular weight excluding hydrogens is 387 g/mol. The molecule has 5 rings (SSSR count). The van der Waals surface area contributed by atoms with Crippen molar-refractivity contribution >= 4 is 11.6 Å². The summed E-state index contributed by atoms with van der Waals surface area (Å²) >= 11 is 5.91. The van der Waals surface area contributed by atoms with E-state index in [9.17, 15) is 9.50 Å². The van der Waals surface area contributed by atoms with Gasteiger partial charge in [-0.05, 0) is 28.8 Å². The van der Waals surface area contributed by atoms with Crippen molar-refractivity contribution in [1.82, 2.24) is 9.55 Å². The number of aromatic nitrogens is 2. The number of halogens is 2. The zero-order valence-corrected chi connectivity index (χ0v) is 16.2. The van der Waals surface area contributed by atoms with Crippen molar-refractivity contribution in [2.24, 2.45) is 0 Å². The molecule has 1 aliphatic rings. The van der Waals surface area contributed by atoms with Crippen molar-refractivity contribution < 1.29 is 9.50 Å². The number of hydrogen-bond acceptors (Lipinski definition) is 2. The Labute approximate surface area is 173 Å². The summed E-state index contributed by atoms with van der Waals surface area (Å²) < 4.78 is 16.4. The van der Waals surface area contributed by atoms with Crippen molar-refractivity contribution in [3.05, 3.63) is 113 Å². The number of rotatable bonds is 3. The van der Waals surface area contributed by atoms with Gasteiger partial charge in [-0.1, -0.05) is 72.3 Å². The molecule has 0 aliphatic carbocycles. The van der Waals surface area contributed by atoms with Crippen LogP contribution in [-0.4, -0.2) is 14.7 Å². The molecule has 1 N–H and O–H groups in total. The van der Waals surface area contributed by atoms with Crippen LogP contribution >= 0.6 is 11.6 Å². The van der Waals surface area contributed by atoms with Gasteiger partial charge in [0.2, 0.25) is 0 Å². The highest BCUT2D eigenvalue weighted by molar-refractivity contribution is 6.30. The Kier molecular flexibility index (Phi) is 4.26. The van der Waals surface area contributed by atoms with Crippen LogP contribution in [0.25, 0.3) is 11.1 Å². The van der Waals surface area contributed by atoms with E-state index in [1.165, 1.54) is 6.07 Å². The Hall–Kier alpha value is -2.95. The summed E-state index contributed by atoms with van der Waals surface area (Å²) in [5.74, 6) is -0.383. The van der Waals surface area contributed by atoms with Crippen LogP contribution in [0.15, 0.2) is 85.3 Å². The molecule has 0 saturated carbocycles. The average Bonchev–Trinajstić information content (AvgIpc) is 3.33. The molecule has 1 aromatic heterocycles. The second-order valence-electron chi connectivity index (χ2n) is 7.38. The second kappa shape index (κ2) is 6.83. The zero-order chi connectivity index (χ0) is 20.0. The van der Waals surface area contributed by atoms with Gasteiger partial charge in [0.25, 0.3) is 0 Å². The van der Waals surface area contributed by atoms with E-state index in [1.807, 2.05) is 59.2 Å². The lowest BCUT2D eigenvalue weighted by molar-refractivity contribution is 0.0792. The minimum absolute atomic E-state index is 0.327. The largest absolute Gasteiger partial charge is 0.379 e. The summed E-state index contributed by atoms with van der Waals surface area (Å²) in [5.41, 5.74) is 2.85. The van der Waals surface area contributed by atoms with Crippen LogP contribution in [0.3, 0.4) is 0 Å². The molecule has 3 nitrogen and oxygen atoms in total. The monoisotopic (exact) mass is 404 g/mol. The van der Waals surface area contributed by atoms with Gasteiger partial charge in [0, 0.05) is 17.0 Å². The van der Waals surface area contributed by atoms with E-state index in [2.05, 4.69) is 4.98 Å². The average molecular weight is 405 g/mol. The Balaban J connectivity index is 1.54. The van der Waals surface area contributed by atoms with Crippen molar-refractivity contribution in [2.75, 3.05) is 0 Å². The Morgan fingerprint density at radius 2 is 1.72 bits per heavy atom. The predicted octanol–water partition coefficient (Wildman–Crippen LogP) is 5.57. The molecule has 2 atom stereocenters. The van der Waals surface area contributed by atoms with E-state index in [0.717, 1.165) is 16.7 Å². The molecule has 0 fully saturated rings. The topological polar surface area (TPSA) is 38.0 Å². The highest BCUT2D eigenvalue weighted by atomic mass is 35.5. The molecule has 0 amide bonds. The fourth-order valence-electron chi connectivity index (χ4n) is 4.22. The van der Waals surface area contributed by atoms with Crippen LogP contribution in [0.4, 0.5) is 4.39 Å². The highest BCUT2D eigenvalue weighted by Crippen LogP contribution is 2.47. The lowest BCUT2D eigenvalue weighted by atomic mass is 9.86. The molecule has 0 saturated heterocycles. The first-order valence-corrected chi connectivity index (χ1v) is 9.80. The fraction of sp³-hybridized carbons (Fsp3) is 0.125.